The highest BCUT2D eigenvalue weighted by Gasteiger charge is 2.25. The molecule has 2 heterocycles. The van der Waals surface area contributed by atoms with E-state index in [0.29, 0.717) is 16.6 Å². The number of aromatic hydroxyl groups is 1. The first-order valence-corrected chi connectivity index (χ1v) is 7.84. The summed E-state index contributed by atoms with van der Waals surface area (Å²) in [6, 6.07) is 9.38. The van der Waals surface area contributed by atoms with Gasteiger partial charge in [-0.05, 0) is 44.2 Å². The summed E-state index contributed by atoms with van der Waals surface area (Å²) in [7, 11) is 0. The second-order valence-electron chi connectivity index (χ2n) is 5.95. The Kier molecular flexibility index (Phi) is 3.08. The summed E-state index contributed by atoms with van der Waals surface area (Å²) in [5.74, 6) is 0.907. The second kappa shape index (κ2) is 4.99. The molecule has 0 radical (unpaired) electrons. The van der Waals surface area contributed by atoms with Gasteiger partial charge in [-0.1, -0.05) is 23.7 Å². The first-order chi connectivity index (χ1) is 10.6. The molecule has 0 amide bonds. The number of nitrogens with zero attached hydrogens (tertiary/aromatic N) is 3. The van der Waals surface area contributed by atoms with E-state index in [1.807, 2.05) is 37.3 Å². The number of hydrogen-bond acceptors (Lipinski definition) is 3. The molecule has 22 heavy (non-hydrogen) atoms. The Labute approximate surface area is 133 Å². The van der Waals surface area contributed by atoms with Gasteiger partial charge in [0.15, 0.2) is 5.65 Å². The van der Waals surface area contributed by atoms with Crippen LogP contribution in [0.5, 0.6) is 5.88 Å². The van der Waals surface area contributed by atoms with Crippen LogP contribution in [-0.4, -0.2) is 19.7 Å². The standard InChI is InChI=1S/C17H16ClN3O/c1-10-14(8-11-2-3-11)17(22)21-16(19-10)9-15(20-21)12-4-6-13(18)7-5-12/h4-7,9,11,22H,2-3,8H2,1H3. The summed E-state index contributed by atoms with van der Waals surface area (Å²) >= 11 is 5.92. The Morgan fingerprint density at radius 3 is 2.68 bits per heavy atom. The van der Waals surface area contributed by atoms with Crippen molar-refractivity contribution in [3.8, 4) is 17.1 Å². The van der Waals surface area contributed by atoms with Crippen LogP contribution < -0.4 is 0 Å². The van der Waals surface area contributed by atoms with Crippen LogP contribution in [0.2, 0.25) is 5.02 Å². The highest BCUT2D eigenvalue weighted by molar-refractivity contribution is 6.30. The SMILES string of the molecule is Cc1nc2cc(-c3ccc(Cl)cc3)nn2c(O)c1CC1CC1. The van der Waals surface area contributed by atoms with E-state index in [1.54, 1.807) is 0 Å². The molecule has 3 aromatic rings. The molecule has 0 spiro atoms. The number of halogens is 1. The molecule has 1 aliphatic rings. The van der Waals surface area contributed by atoms with Gasteiger partial charge in [0.05, 0.1) is 5.69 Å². The first kappa shape index (κ1) is 13.6. The predicted molar refractivity (Wildman–Crippen MR) is 86.3 cm³/mol. The van der Waals surface area contributed by atoms with Gasteiger partial charge < -0.3 is 5.11 Å². The van der Waals surface area contributed by atoms with Gasteiger partial charge in [-0.3, -0.25) is 0 Å². The Bertz CT molecular complexity index is 850. The summed E-state index contributed by atoms with van der Waals surface area (Å²) in [4.78, 5) is 4.60. The maximum atomic E-state index is 10.6. The lowest BCUT2D eigenvalue weighted by molar-refractivity contribution is 0.425. The third-order valence-corrected chi connectivity index (χ3v) is 4.46. The van der Waals surface area contributed by atoms with Gasteiger partial charge in [-0.15, -0.1) is 0 Å². The largest absolute Gasteiger partial charge is 0.493 e. The van der Waals surface area contributed by atoms with Gasteiger partial charge in [-0.25, -0.2) is 4.98 Å². The molecule has 112 valence electrons. The Balaban J connectivity index is 1.82. The van der Waals surface area contributed by atoms with Gasteiger partial charge in [-0.2, -0.15) is 9.61 Å². The normalized spacial score (nSPS) is 14.6. The third kappa shape index (κ3) is 2.33. The highest BCUT2D eigenvalue weighted by Crippen LogP contribution is 2.36. The lowest BCUT2D eigenvalue weighted by Crippen LogP contribution is -2.02. The second-order valence-corrected chi connectivity index (χ2v) is 6.39. The molecule has 5 heteroatoms. The van der Waals surface area contributed by atoms with Crippen molar-refractivity contribution < 1.29 is 5.11 Å². The molecule has 1 N–H and O–H groups in total. The average molecular weight is 314 g/mol. The summed E-state index contributed by atoms with van der Waals surface area (Å²) in [6.07, 6.45) is 3.37. The van der Waals surface area contributed by atoms with Crippen LogP contribution >= 0.6 is 11.6 Å². The Morgan fingerprint density at radius 2 is 2.00 bits per heavy atom. The summed E-state index contributed by atoms with van der Waals surface area (Å²) in [5, 5.41) is 15.7. The van der Waals surface area contributed by atoms with E-state index >= 15 is 0 Å². The van der Waals surface area contributed by atoms with Crippen LogP contribution in [0.25, 0.3) is 16.9 Å². The summed E-state index contributed by atoms with van der Waals surface area (Å²) < 4.78 is 1.54. The fourth-order valence-electron chi connectivity index (χ4n) is 2.75. The van der Waals surface area contributed by atoms with E-state index in [9.17, 15) is 5.11 Å². The molecule has 4 rings (SSSR count). The van der Waals surface area contributed by atoms with Crippen LogP contribution in [-0.2, 0) is 6.42 Å². The molecule has 1 aliphatic carbocycles. The van der Waals surface area contributed by atoms with Crippen LogP contribution in [0.1, 0.15) is 24.1 Å². The Hall–Kier alpha value is -2.07. The van der Waals surface area contributed by atoms with Crippen molar-refractivity contribution in [1.29, 1.82) is 0 Å². The van der Waals surface area contributed by atoms with Crippen LogP contribution in [0.3, 0.4) is 0 Å². The van der Waals surface area contributed by atoms with Crippen molar-refractivity contribution in [3.05, 3.63) is 46.6 Å². The number of benzene rings is 1. The van der Waals surface area contributed by atoms with Crippen molar-refractivity contribution in [1.82, 2.24) is 14.6 Å². The Morgan fingerprint density at radius 1 is 1.27 bits per heavy atom. The van der Waals surface area contributed by atoms with Crippen LogP contribution in [0.4, 0.5) is 0 Å². The molecule has 0 bridgehead atoms. The van der Waals surface area contributed by atoms with Crippen molar-refractivity contribution in [2.24, 2.45) is 5.92 Å². The van der Waals surface area contributed by atoms with E-state index in [2.05, 4.69) is 10.1 Å². The minimum Gasteiger partial charge on any atom is -0.493 e. The number of rotatable bonds is 3. The van der Waals surface area contributed by atoms with E-state index < -0.39 is 0 Å². The number of hydrogen-bond donors (Lipinski definition) is 1. The first-order valence-electron chi connectivity index (χ1n) is 7.46. The van der Waals surface area contributed by atoms with Crippen LogP contribution in [0, 0.1) is 12.8 Å². The fourth-order valence-corrected chi connectivity index (χ4v) is 2.87. The van der Waals surface area contributed by atoms with Crippen molar-refractivity contribution in [2.45, 2.75) is 26.2 Å². The predicted octanol–water partition coefficient (Wildman–Crippen LogP) is 4.02. The molecule has 0 unspecified atom stereocenters. The maximum Gasteiger partial charge on any atom is 0.219 e. The quantitative estimate of drug-likeness (QED) is 0.794. The number of aryl methyl sites for hydroxylation is 1. The lowest BCUT2D eigenvalue weighted by Gasteiger charge is -2.08. The smallest absolute Gasteiger partial charge is 0.219 e. The maximum absolute atomic E-state index is 10.6. The van der Waals surface area contributed by atoms with Gasteiger partial charge in [0.25, 0.3) is 0 Å². The van der Waals surface area contributed by atoms with Crippen LogP contribution in [0.15, 0.2) is 30.3 Å². The molecule has 0 saturated heterocycles. The monoisotopic (exact) mass is 313 g/mol. The minimum absolute atomic E-state index is 0.217. The summed E-state index contributed by atoms with van der Waals surface area (Å²) in [6.45, 7) is 1.95. The van der Waals surface area contributed by atoms with Crippen molar-refractivity contribution >= 4 is 17.2 Å². The zero-order valence-electron chi connectivity index (χ0n) is 12.3. The molecule has 2 aromatic heterocycles. The number of fused-ring (bicyclic) bond motifs is 1. The highest BCUT2D eigenvalue weighted by atomic mass is 35.5. The van der Waals surface area contributed by atoms with E-state index in [0.717, 1.165) is 28.9 Å². The zero-order valence-corrected chi connectivity index (χ0v) is 13.0. The molecule has 1 aromatic carbocycles. The van der Waals surface area contributed by atoms with Gasteiger partial charge in [0.1, 0.15) is 0 Å². The summed E-state index contributed by atoms with van der Waals surface area (Å²) in [5.41, 5.74) is 4.21. The van der Waals surface area contributed by atoms with Crippen molar-refractivity contribution in [3.63, 3.8) is 0 Å². The molecule has 4 nitrogen and oxygen atoms in total. The molecule has 0 aliphatic heterocycles. The van der Waals surface area contributed by atoms with E-state index in [1.165, 1.54) is 17.4 Å². The molecule has 1 saturated carbocycles. The molecular weight excluding hydrogens is 298 g/mol. The lowest BCUT2D eigenvalue weighted by atomic mass is 10.1. The van der Waals surface area contributed by atoms with Gasteiger partial charge in [0, 0.05) is 27.9 Å². The molecule has 1 fully saturated rings. The average Bonchev–Trinajstić information content (AvgIpc) is 3.22. The topological polar surface area (TPSA) is 50.4 Å². The number of aromatic nitrogens is 3. The molecular formula is C17H16ClN3O. The minimum atomic E-state index is 0.217. The van der Waals surface area contributed by atoms with Gasteiger partial charge >= 0.3 is 0 Å². The zero-order chi connectivity index (χ0) is 15.3. The van der Waals surface area contributed by atoms with E-state index in [4.69, 9.17) is 11.6 Å². The fraction of sp³-hybridized carbons (Fsp3) is 0.294. The van der Waals surface area contributed by atoms with Gasteiger partial charge in [0.2, 0.25) is 5.88 Å². The molecule has 0 atom stereocenters. The van der Waals surface area contributed by atoms with E-state index in [-0.39, 0.29) is 5.88 Å². The van der Waals surface area contributed by atoms with Crippen molar-refractivity contribution in [2.75, 3.05) is 0 Å². The third-order valence-electron chi connectivity index (χ3n) is 4.21.